The largest absolute Gasteiger partial charge is 0.361 e. The predicted molar refractivity (Wildman–Crippen MR) is 96.6 cm³/mol. The molecular formula is C18H20N6O2. The Morgan fingerprint density at radius 1 is 1.08 bits per heavy atom. The van der Waals surface area contributed by atoms with Crippen LogP contribution in [0.1, 0.15) is 22.1 Å². The number of carbonyl (C=O) groups is 1. The number of hydrogen-bond acceptors (Lipinski definition) is 7. The van der Waals surface area contributed by atoms with Gasteiger partial charge in [0.1, 0.15) is 5.82 Å². The Labute approximate surface area is 151 Å². The van der Waals surface area contributed by atoms with Crippen molar-refractivity contribution in [3.63, 3.8) is 0 Å². The van der Waals surface area contributed by atoms with Crippen LogP contribution in [0.2, 0.25) is 0 Å². The van der Waals surface area contributed by atoms with E-state index in [0.717, 1.165) is 17.1 Å². The summed E-state index contributed by atoms with van der Waals surface area (Å²) < 4.78 is 4.93. The van der Waals surface area contributed by atoms with E-state index in [4.69, 9.17) is 4.52 Å². The van der Waals surface area contributed by atoms with Crippen LogP contribution in [-0.4, -0.2) is 52.1 Å². The van der Waals surface area contributed by atoms with Crippen molar-refractivity contribution in [2.75, 3.05) is 26.0 Å². The highest BCUT2D eigenvalue weighted by Gasteiger charge is 2.15. The second-order valence-corrected chi connectivity index (χ2v) is 6.13. The van der Waals surface area contributed by atoms with Gasteiger partial charge >= 0.3 is 0 Å². The molecule has 0 spiro atoms. The Kier molecular flexibility index (Phi) is 4.92. The first-order valence-corrected chi connectivity index (χ1v) is 8.08. The molecule has 0 saturated heterocycles. The Bertz CT molecular complexity index is 904. The molecular weight excluding hydrogens is 332 g/mol. The third-order valence-electron chi connectivity index (χ3n) is 3.80. The maximum Gasteiger partial charge on any atom is 0.254 e. The van der Waals surface area contributed by atoms with Crippen LogP contribution in [0.3, 0.4) is 0 Å². The third kappa shape index (κ3) is 3.85. The Morgan fingerprint density at radius 2 is 1.81 bits per heavy atom. The maximum atomic E-state index is 12.6. The fourth-order valence-electron chi connectivity index (χ4n) is 2.40. The van der Waals surface area contributed by atoms with Crippen molar-refractivity contribution in [3.05, 3.63) is 53.9 Å². The number of nitrogens with zero attached hydrogens (tertiary/aromatic N) is 6. The zero-order chi connectivity index (χ0) is 18.7. The minimum absolute atomic E-state index is 0.118. The van der Waals surface area contributed by atoms with E-state index in [-0.39, 0.29) is 12.5 Å². The number of carbonyl (C=O) groups excluding carboxylic acids is 1. The lowest BCUT2D eigenvalue weighted by Crippen LogP contribution is -2.26. The average Bonchev–Trinajstić information content (AvgIpc) is 3.06. The number of hydrogen-bond donors (Lipinski definition) is 0. The van der Waals surface area contributed by atoms with Gasteiger partial charge < -0.3 is 14.3 Å². The van der Waals surface area contributed by atoms with Crippen LogP contribution in [0.5, 0.6) is 0 Å². The molecule has 3 aromatic rings. The van der Waals surface area contributed by atoms with E-state index in [2.05, 4.69) is 20.1 Å². The van der Waals surface area contributed by atoms with E-state index in [9.17, 15) is 4.79 Å². The van der Waals surface area contributed by atoms with Crippen molar-refractivity contribution in [1.82, 2.24) is 25.0 Å². The molecule has 8 nitrogen and oxygen atoms in total. The van der Waals surface area contributed by atoms with Crippen LogP contribution >= 0.6 is 0 Å². The number of aromatic nitrogens is 4. The van der Waals surface area contributed by atoms with Gasteiger partial charge in [-0.1, -0.05) is 17.3 Å². The molecule has 0 aliphatic heterocycles. The number of amides is 1. The molecule has 1 aromatic carbocycles. The highest BCUT2D eigenvalue weighted by atomic mass is 16.5. The first-order valence-electron chi connectivity index (χ1n) is 8.08. The summed E-state index contributed by atoms with van der Waals surface area (Å²) in [5.74, 6) is 1.61. The summed E-state index contributed by atoms with van der Waals surface area (Å²) >= 11 is 0. The number of aryl methyl sites for hydroxylation is 1. The van der Waals surface area contributed by atoms with Gasteiger partial charge in [-0.05, 0) is 12.1 Å². The fourth-order valence-corrected chi connectivity index (χ4v) is 2.40. The summed E-state index contributed by atoms with van der Waals surface area (Å²) in [4.78, 5) is 28.9. The topological polar surface area (TPSA) is 88.3 Å². The highest BCUT2D eigenvalue weighted by molar-refractivity contribution is 5.94. The van der Waals surface area contributed by atoms with Gasteiger partial charge in [0.2, 0.25) is 5.89 Å². The molecule has 0 fully saturated rings. The van der Waals surface area contributed by atoms with Crippen LogP contribution < -0.4 is 4.90 Å². The van der Waals surface area contributed by atoms with Crippen molar-refractivity contribution in [2.45, 2.75) is 13.5 Å². The van der Waals surface area contributed by atoms with Crippen LogP contribution in [0.4, 0.5) is 5.82 Å². The second kappa shape index (κ2) is 7.30. The molecule has 0 radical (unpaired) electrons. The summed E-state index contributed by atoms with van der Waals surface area (Å²) in [6.07, 6.45) is 3.41. The second-order valence-electron chi connectivity index (χ2n) is 6.13. The average molecular weight is 352 g/mol. The quantitative estimate of drug-likeness (QED) is 0.695. The molecule has 0 bridgehead atoms. The monoisotopic (exact) mass is 352 g/mol. The first-order chi connectivity index (χ1) is 12.4. The molecule has 2 aromatic heterocycles. The lowest BCUT2D eigenvalue weighted by molar-refractivity contribution is 0.0780. The van der Waals surface area contributed by atoms with Gasteiger partial charge in [0.15, 0.2) is 5.82 Å². The maximum absolute atomic E-state index is 12.6. The molecule has 134 valence electrons. The molecule has 1 amide bonds. The number of anilines is 1. The molecule has 0 N–H and O–H groups in total. The predicted octanol–water partition coefficient (Wildman–Crippen LogP) is 2.17. The summed E-state index contributed by atoms with van der Waals surface area (Å²) in [7, 11) is 5.53. The number of rotatable bonds is 5. The Balaban J connectivity index is 1.74. The fraction of sp³-hybridized carbons (Fsp3) is 0.278. The molecule has 0 saturated carbocycles. The van der Waals surface area contributed by atoms with Crippen molar-refractivity contribution in [1.29, 1.82) is 0 Å². The van der Waals surface area contributed by atoms with Gasteiger partial charge in [-0.3, -0.25) is 9.78 Å². The first kappa shape index (κ1) is 17.5. The summed E-state index contributed by atoms with van der Waals surface area (Å²) in [5.41, 5.74) is 2.23. The molecule has 0 unspecified atom stereocenters. The number of benzene rings is 1. The summed E-state index contributed by atoms with van der Waals surface area (Å²) in [6, 6.07) is 7.28. The van der Waals surface area contributed by atoms with Crippen molar-refractivity contribution < 1.29 is 9.32 Å². The molecule has 8 heteroatoms. The SMILES string of the molecule is Cc1nc(CN(C)C(=O)c2ccc(-c3cncc(N(C)C)n3)cc2)no1. The van der Waals surface area contributed by atoms with Crippen LogP contribution in [-0.2, 0) is 6.54 Å². The van der Waals surface area contributed by atoms with E-state index in [0.29, 0.717) is 17.3 Å². The summed E-state index contributed by atoms with van der Waals surface area (Å²) in [6.45, 7) is 2.00. The minimum atomic E-state index is -0.118. The van der Waals surface area contributed by atoms with Gasteiger partial charge in [-0.25, -0.2) is 4.98 Å². The van der Waals surface area contributed by atoms with Gasteiger partial charge in [0, 0.05) is 39.2 Å². The Hall–Kier alpha value is -3.29. The standard InChI is InChI=1S/C18H20N6O2/c1-12-20-16(22-26-12)11-24(4)18(25)14-7-5-13(6-8-14)15-9-19-10-17(21-15)23(2)3/h5-10H,11H2,1-4H3. The molecule has 26 heavy (non-hydrogen) atoms. The van der Waals surface area contributed by atoms with Crippen molar-refractivity contribution in [3.8, 4) is 11.3 Å². The lowest BCUT2D eigenvalue weighted by atomic mass is 10.1. The van der Waals surface area contributed by atoms with E-state index >= 15 is 0 Å². The van der Waals surface area contributed by atoms with E-state index in [1.165, 1.54) is 0 Å². The van der Waals surface area contributed by atoms with Crippen LogP contribution in [0.15, 0.2) is 41.2 Å². The van der Waals surface area contributed by atoms with Gasteiger partial charge in [-0.2, -0.15) is 4.98 Å². The van der Waals surface area contributed by atoms with Crippen LogP contribution in [0.25, 0.3) is 11.3 Å². The van der Waals surface area contributed by atoms with Crippen molar-refractivity contribution in [2.24, 2.45) is 0 Å². The van der Waals surface area contributed by atoms with Gasteiger partial charge in [-0.15, -0.1) is 0 Å². The normalized spacial score (nSPS) is 10.6. The smallest absolute Gasteiger partial charge is 0.254 e. The molecule has 2 heterocycles. The van der Waals surface area contributed by atoms with Gasteiger partial charge in [0.25, 0.3) is 5.91 Å². The highest BCUT2D eigenvalue weighted by Crippen LogP contribution is 2.20. The summed E-state index contributed by atoms with van der Waals surface area (Å²) in [5, 5.41) is 3.81. The van der Waals surface area contributed by atoms with Crippen molar-refractivity contribution >= 4 is 11.7 Å². The van der Waals surface area contributed by atoms with E-state index in [1.807, 2.05) is 31.1 Å². The van der Waals surface area contributed by atoms with E-state index in [1.54, 1.807) is 43.4 Å². The zero-order valence-electron chi connectivity index (χ0n) is 15.2. The Morgan fingerprint density at radius 3 is 2.42 bits per heavy atom. The minimum Gasteiger partial charge on any atom is -0.361 e. The van der Waals surface area contributed by atoms with Crippen LogP contribution in [0, 0.1) is 6.92 Å². The zero-order valence-corrected chi connectivity index (χ0v) is 15.2. The van der Waals surface area contributed by atoms with Gasteiger partial charge in [0.05, 0.1) is 24.6 Å². The molecule has 0 atom stereocenters. The molecule has 3 rings (SSSR count). The lowest BCUT2D eigenvalue weighted by Gasteiger charge is -2.15. The van der Waals surface area contributed by atoms with E-state index < -0.39 is 0 Å². The molecule has 0 aliphatic carbocycles. The molecule has 0 aliphatic rings. The third-order valence-corrected chi connectivity index (χ3v) is 3.80.